The molecule has 4 heteroatoms. The van der Waals surface area contributed by atoms with Crippen molar-refractivity contribution in [2.45, 2.75) is 6.92 Å². The molecule has 0 radical (unpaired) electrons. The van der Waals surface area contributed by atoms with E-state index in [1.165, 1.54) is 6.07 Å². The molecule has 0 unspecified atom stereocenters. The van der Waals surface area contributed by atoms with Gasteiger partial charge in [0.05, 0.1) is 10.5 Å². The van der Waals surface area contributed by atoms with Gasteiger partial charge in [-0.05, 0) is 24.6 Å². The maximum atomic E-state index is 10.8. The van der Waals surface area contributed by atoms with Crippen LogP contribution in [-0.2, 0) is 0 Å². The van der Waals surface area contributed by atoms with Gasteiger partial charge < -0.3 is 4.90 Å². The Kier molecular flexibility index (Phi) is 3.09. The van der Waals surface area contributed by atoms with Crippen LogP contribution in [0.15, 0.2) is 24.8 Å². The van der Waals surface area contributed by atoms with E-state index in [2.05, 4.69) is 6.58 Å². The van der Waals surface area contributed by atoms with Gasteiger partial charge in [-0.25, -0.2) is 0 Å². The van der Waals surface area contributed by atoms with Crippen LogP contribution >= 0.6 is 0 Å². The normalized spacial score (nSPS) is 9.80. The van der Waals surface area contributed by atoms with Crippen LogP contribution < -0.4 is 4.90 Å². The second-order valence-electron chi connectivity index (χ2n) is 3.63. The van der Waals surface area contributed by atoms with E-state index in [1.54, 1.807) is 19.1 Å². The molecule has 0 aromatic heterocycles. The van der Waals surface area contributed by atoms with Crippen LogP contribution in [0.5, 0.6) is 0 Å². The molecule has 1 aromatic rings. The third-order valence-corrected chi connectivity index (χ3v) is 2.15. The van der Waals surface area contributed by atoms with Crippen molar-refractivity contribution in [3.63, 3.8) is 0 Å². The van der Waals surface area contributed by atoms with Crippen LogP contribution in [0.2, 0.25) is 0 Å². The van der Waals surface area contributed by atoms with Crippen molar-refractivity contribution in [1.29, 1.82) is 0 Å². The minimum Gasteiger partial charge on any atom is -0.378 e. The topological polar surface area (TPSA) is 46.4 Å². The summed E-state index contributed by atoms with van der Waals surface area (Å²) in [7, 11) is 3.78. The van der Waals surface area contributed by atoms with Crippen molar-refractivity contribution in [2.24, 2.45) is 0 Å². The number of benzene rings is 1. The predicted molar refractivity (Wildman–Crippen MR) is 62.1 cm³/mol. The molecule has 0 aliphatic rings. The number of nitro groups is 1. The van der Waals surface area contributed by atoms with Crippen molar-refractivity contribution in [2.75, 3.05) is 19.0 Å². The molecule has 1 rings (SSSR count). The Hall–Kier alpha value is -1.84. The van der Waals surface area contributed by atoms with Gasteiger partial charge in [-0.3, -0.25) is 10.1 Å². The largest absolute Gasteiger partial charge is 0.378 e. The minimum absolute atomic E-state index is 0.105. The van der Waals surface area contributed by atoms with Gasteiger partial charge in [0, 0.05) is 25.8 Å². The first-order valence-electron chi connectivity index (χ1n) is 4.55. The quantitative estimate of drug-likeness (QED) is 0.564. The van der Waals surface area contributed by atoms with Crippen molar-refractivity contribution in [3.8, 4) is 0 Å². The molecule has 0 atom stereocenters. The summed E-state index contributed by atoms with van der Waals surface area (Å²) < 4.78 is 0. The van der Waals surface area contributed by atoms with Crippen molar-refractivity contribution in [1.82, 2.24) is 0 Å². The lowest BCUT2D eigenvalue weighted by Gasteiger charge is -2.13. The van der Waals surface area contributed by atoms with E-state index in [-0.39, 0.29) is 10.6 Å². The van der Waals surface area contributed by atoms with Crippen LogP contribution in [-0.4, -0.2) is 19.0 Å². The maximum absolute atomic E-state index is 10.8. The third-order valence-electron chi connectivity index (χ3n) is 2.15. The van der Waals surface area contributed by atoms with E-state index in [4.69, 9.17) is 0 Å². The summed E-state index contributed by atoms with van der Waals surface area (Å²) in [6.45, 7) is 5.51. The molecule has 4 nitrogen and oxygen atoms in total. The zero-order valence-electron chi connectivity index (χ0n) is 9.15. The van der Waals surface area contributed by atoms with Crippen LogP contribution in [0.3, 0.4) is 0 Å². The molecule has 0 bridgehead atoms. The first-order chi connectivity index (χ1) is 6.93. The molecular formula is C11H14N2O2. The number of nitro benzene ring substituents is 1. The van der Waals surface area contributed by atoms with E-state index < -0.39 is 0 Å². The summed E-state index contributed by atoms with van der Waals surface area (Å²) in [5, 5.41) is 10.8. The zero-order chi connectivity index (χ0) is 11.6. The summed E-state index contributed by atoms with van der Waals surface area (Å²) in [5.74, 6) is 0. The molecule has 0 aliphatic carbocycles. The highest BCUT2D eigenvalue weighted by Gasteiger charge is 2.14. The highest BCUT2D eigenvalue weighted by Crippen LogP contribution is 2.28. The van der Waals surface area contributed by atoms with Gasteiger partial charge in [-0.2, -0.15) is 0 Å². The minimum atomic E-state index is -0.385. The lowest BCUT2D eigenvalue weighted by Crippen LogP contribution is -2.09. The molecule has 1 aromatic carbocycles. The zero-order valence-corrected chi connectivity index (χ0v) is 9.15. The smallest absolute Gasteiger partial charge is 0.276 e. The highest BCUT2D eigenvalue weighted by molar-refractivity contribution is 5.73. The first kappa shape index (κ1) is 11.2. The van der Waals surface area contributed by atoms with E-state index in [0.29, 0.717) is 11.1 Å². The Bertz CT molecular complexity index is 411. The Morgan fingerprint density at radius 2 is 2.07 bits per heavy atom. The number of anilines is 1. The van der Waals surface area contributed by atoms with Gasteiger partial charge in [0.2, 0.25) is 0 Å². The molecule has 0 fully saturated rings. The van der Waals surface area contributed by atoms with Gasteiger partial charge in [0.25, 0.3) is 5.69 Å². The van der Waals surface area contributed by atoms with Crippen molar-refractivity contribution < 1.29 is 4.92 Å². The Labute approximate surface area is 89.0 Å². The summed E-state index contributed by atoms with van der Waals surface area (Å²) >= 11 is 0. The van der Waals surface area contributed by atoms with E-state index in [1.807, 2.05) is 19.0 Å². The number of rotatable bonds is 3. The molecule has 80 valence electrons. The highest BCUT2D eigenvalue weighted by atomic mass is 16.6. The Morgan fingerprint density at radius 1 is 1.47 bits per heavy atom. The summed E-state index contributed by atoms with van der Waals surface area (Å²) in [6.07, 6.45) is 0. The van der Waals surface area contributed by atoms with Gasteiger partial charge in [-0.15, -0.1) is 0 Å². The standard InChI is InChI=1S/C11H14N2O2/c1-8(2)10-7-9(12(3)4)5-6-11(10)13(14)15/h5-7H,1H2,2-4H3. The SMILES string of the molecule is C=C(C)c1cc(N(C)C)ccc1[N+](=O)[O-]. The third kappa shape index (κ3) is 2.34. The molecule has 0 heterocycles. The number of hydrogen-bond acceptors (Lipinski definition) is 3. The monoisotopic (exact) mass is 206 g/mol. The second-order valence-corrected chi connectivity index (χ2v) is 3.63. The molecule has 0 amide bonds. The van der Waals surface area contributed by atoms with Crippen LogP contribution in [0.25, 0.3) is 5.57 Å². The number of nitrogens with zero attached hydrogens (tertiary/aromatic N) is 2. The summed E-state index contributed by atoms with van der Waals surface area (Å²) in [6, 6.07) is 5.02. The number of hydrogen-bond donors (Lipinski definition) is 0. The molecule has 0 N–H and O–H groups in total. The molecule has 0 saturated carbocycles. The van der Waals surface area contributed by atoms with Gasteiger partial charge in [0.1, 0.15) is 0 Å². The lowest BCUT2D eigenvalue weighted by molar-refractivity contribution is -0.385. The summed E-state index contributed by atoms with van der Waals surface area (Å²) in [4.78, 5) is 12.3. The summed E-state index contributed by atoms with van der Waals surface area (Å²) in [5.41, 5.74) is 2.32. The van der Waals surface area contributed by atoms with Crippen LogP contribution in [0.4, 0.5) is 11.4 Å². The predicted octanol–water partition coefficient (Wildman–Crippen LogP) is 2.69. The van der Waals surface area contributed by atoms with Crippen molar-refractivity contribution in [3.05, 3.63) is 40.5 Å². The molecule has 15 heavy (non-hydrogen) atoms. The fourth-order valence-corrected chi connectivity index (χ4v) is 1.30. The Balaban J connectivity index is 3.33. The second kappa shape index (κ2) is 4.13. The van der Waals surface area contributed by atoms with Crippen LogP contribution in [0.1, 0.15) is 12.5 Å². The molecule has 0 aliphatic heterocycles. The van der Waals surface area contributed by atoms with E-state index in [0.717, 1.165) is 5.69 Å². The van der Waals surface area contributed by atoms with E-state index in [9.17, 15) is 10.1 Å². The van der Waals surface area contributed by atoms with Gasteiger partial charge in [0.15, 0.2) is 0 Å². The van der Waals surface area contributed by atoms with Crippen molar-refractivity contribution >= 4 is 16.9 Å². The fraction of sp³-hybridized carbons (Fsp3) is 0.273. The molecule has 0 saturated heterocycles. The molecule has 0 spiro atoms. The average molecular weight is 206 g/mol. The van der Waals surface area contributed by atoms with E-state index >= 15 is 0 Å². The number of allylic oxidation sites excluding steroid dienone is 1. The average Bonchev–Trinajstić information content (AvgIpc) is 2.16. The van der Waals surface area contributed by atoms with Crippen LogP contribution in [0, 0.1) is 10.1 Å². The molecular weight excluding hydrogens is 192 g/mol. The Morgan fingerprint density at radius 3 is 2.47 bits per heavy atom. The maximum Gasteiger partial charge on any atom is 0.276 e. The van der Waals surface area contributed by atoms with Gasteiger partial charge in [-0.1, -0.05) is 6.58 Å². The van der Waals surface area contributed by atoms with Gasteiger partial charge >= 0.3 is 0 Å². The lowest BCUT2D eigenvalue weighted by atomic mass is 10.1. The first-order valence-corrected chi connectivity index (χ1v) is 4.55. The fourth-order valence-electron chi connectivity index (χ4n) is 1.30.